The highest BCUT2D eigenvalue weighted by atomic mass is 32.2. The molecule has 0 radical (unpaired) electrons. The van der Waals surface area contributed by atoms with Crippen molar-refractivity contribution in [1.82, 2.24) is 4.90 Å². The molecule has 5 N–H and O–H groups in total. The van der Waals surface area contributed by atoms with Crippen LogP contribution in [0.25, 0.3) is 0 Å². The third-order valence-corrected chi connectivity index (χ3v) is 8.54. The summed E-state index contributed by atoms with van der Waals surface area (Å²) in [5.41, 5.74) is 4.75. The van der Waals surface area contributed by atoms with Crippen molar-refractivity contribution in [2.24, 2.45) is 17.6 Å². The SMILES string of the molecule is CCCC(C)C1C(O)=C(C2=C(C(N)=O)S(=O)(=O)c3cc(NS(=O)[O-])ccc3N2)C(=O)N1CCC(C)C. The molecule has 1 aromatic rings. The lowest BCUT2D eigenvalue weighted by molar-refractivity contribution is -0.127. The Bertz CT molecular complexity index is 1270. The zero-order chi connectivity index (χ0) is 26.9. The number of rotatable bonds is 10. The molecular weight excluding hydrogens is 508 g/mol. The van der Waals surface area contributed by atoms with E-state index in [0.717, 1.165) is 12.5 Å². The molecule has 0 aliphatic carbocycles. The van der Waals surface area contributed by atoms with Gasteiger partial charge in [-0.1, -0.05) is 34.1 Å². The largest absolute Gasteiger partial charge is 0.755 e. The molecule has 11 nitrogen and oxygen atoms in total. The zero-order valence-electron chi connectivity index (χ0n) is 20.5. The van der Waals surface area contributed by atoms with E-state index in [1.165, 1.54) is 17.0 Å². The minimum atomic E-state index is -4.58. The molecule has 2 amide bonds. The Hall–Kier alpha value is -2.90. The van der Waals surface area contributed by atoms with Crippen molar-refractivity contribution in [1.29, 1.82) is 0 Å². The molecule has 198 valence electrons. The zero-order valence-corrected chi connectivity index (χ0v) is 22.2. The van der Waals surface area contributed by atoms with Crippen LogP contribution in [0.5, 0.6) is 0 Å². The second-order valence-corrected chi connectivity index (χ2v) is 11.9. The van der Waals surface area contributed by atoms with Crippen molar-refractivity contribution in [3.63, 3.8) is 0 Å². The van der Waals surface area contributed by atoms with E-state index in [-0.39, 0.29) is 40.2 Å². The van der Waals surface area contributed by atoms with Crippen LogP contribution in [0.4, 0.5) is 11.4 Å². The van der Waals surface area contributed by atoms with Crippen LogP contribution in [0.1, 0.15) is 47.0 Å². The molecule has 0 spiro atoms. The number of sulfone groups is 1. The van der Waals surface area contributed by atoms with E-state index in [1.807, 2.05) is 27.7 Å². The highest BCUT2D eigenvalue weighted by Crippen LogP contribution is 2.42. The first-order valence-electron chi connectivity index (χ1n) is 11.6. The molecule has 0 fully saturated rings. The van der Waals surface area contributed by atoms with Crippen LogP contribution in [0, 0.1) is 11.8 Å². The number of carbonyl (C=O) groups is 2. The predicted molar refractivity (Wildman–Crippen MR) is 135 cm³/mol. The van der Waals surface area contributed by atoms with E-state index in [1.54, 1.807) is 0 Å². The normalized spacial score (nSPS) is 20.9. The Balaban J connectivity index is 2.20. The summed E-state index contributed by atoms with van der Waals surface area (Å²) in [7, 11) is -4.58. The second kappa shape index (κ2) is 10.6. The summed E-state index contributed by atoms with van der Waals surface area (Å²) in [5.74, 6) is -2.08. The van der Waals surface area contributed by atoms with E-state index >= 15 is 0 Å². The molecule has 36 heavy (non-hydrogen) atoms. The Labute approximate surface area is 213 Å². The summed E-state index contributed by atoms with van der Waals surface area (Å²) >= 11 is -2.71. The van der Waals surface area contributed by atoms with E-state index in [2.05, 4.69) is 10.0 Å². The van der Waals surface area contributed by atoms with Crippen LogP contribution in [0.2, 0.25) is 0 Å². The van der Waals surface area contributed by atoms with Gasteiger partial charge in [0.2, 0.25) is 9.84 Å². The smallest absolute Gasteiger partial charge is 0.262 e. The van der Waals surface area contributed by atoms with Gasteiger partial charge in [0.05, 0.1) is 22.3 Å². The van der Waals surface area contributed by atoms with Crippen molar-refractivity contribution >= 4 is 44.3 Å². The Morgan fingerprint density at radius 3 is 2.53 bits per heavy atom. The third kappa shape index (κ3) is 5.13. The number of benzene rings is 1. The van der Waals surface area contributed by atoms with Gasteiger partial charge >= 0.3 is 0 Å². The van der Waals surface area contributed by atoms with Crippen LogP contribution < -0.4 is 15.8 Å². The number of nitrogens with two attached hydrogens (primary N) is 1. The van der Waals surface area contributed by atoms with Crippen molar-refractivity contribution in [3.05, 3.63) is 40.1 Å². The summed E-state index contributed by atoms with van der Waals surface area (Å²) in [6, 6.07) is 2.97. The minimum Gasteiger partial charge on any atom is -0.755 e. The number of carbonyl (C=O) groups excluding carboxylic acids is 2. The Kier molecular flexibility index (Phi) is 8.16. The average molecular weight is 540 g/mol. The van der Waals surface area contributed by atoms with Gasteiger partial charge in [-0.2, -0.15) is 0 Å². The quantitative estimate of drug-likeness (QED) is 0.327. The lowest BCUT2D eigenvalue weighted by atomic mass is 9.94. The van der Waals surface area contributed by atoms with Gasteiger partial charge in [-0.05, 0) is 42.9 Å². The Morgan fingerprint density at radius 2 is 1.97 bits per heavy atom. The highest BCUT2D eigenvalue weighted by Gasteiger charge is 2.47. The van der Waals surface area contributed by atoms with Gasteiger partial charge in [-0.25, -0.2) is 8.42 Å². The molecule has 0 saturated carbocycles. The maximum Gasteiger partial charge on any atom is 0.262 e. The maximum absolute atomic E-state index is 13.6. The van der Waals surface area contributed by atoms with Crippen LogP contribution in [-0.2, 0) is 30.7 Å². The van der Waals surface area contributed by atoms with Crippen LogP contribution >= 0.6 is 0 Å². The molecule has 1 aromatic carbocycles. The highest BCUT2D eigenvalue weighted by molar-refractivity contribution is 7.96. The van der Waals surface area contributed by atoms with Gasteiger partial charge in [0.15, 0.2) is 4.91 Å². The molecule has 2 heterocycles. The van der Waals surface area contributed by atoms with Gasteiger partial charge in [0.25, 0.3) is 11.8 Å². The summed E-state index contributed by atoms with van der Waals surface area (Å²) in [6.07, 6.45) is 2.18. The molecule has 0 bridgehead atoms. The van der Waals surface area contributed by atoms with Crippen molar-refractivity contribution in [3.8, 4) is 0 Å². The maximum atomic E-state index is 13.6. The number of primary amides is 1. The van der Waals surface area contributed by atoms with Crippen molar-refractivity contribution < 1.29 is 31.9 Å². The standard InChI is InChI=1S/C23H32N4O7S2/c1-5-6-13(4)19-20(28)17(23(30)27(19)10-9-12(2)3)18-21(22(24)29)36(33,34)16-11-14(26-35(31)32)7-8-15(16)25-18/h7-8,11-13,19,25-26,28H,5-6,9-10H2,1-4H3,(H2,24,29)(H,31,32)/p-1. The van der Waals surface area contributed by atoms with E-state index < -0.39 is 48.8 Å². The number of nitrogens with one attached hydrogen (secondary N) is 2. The van der Waals surface area contributed by atoms with E-state index in [4.69, 9.17) is 5.73 Å². The predicted octanol–water partition coefficient (Wildman–Crippen LogP) is 2.29. The Morgan fingerprint density at radius 1 is 1.31 bits per heavy atom. The molecule has 2 aliphatic rings. The topological polar surface area (TPSA) is 182 Å². The number of fused-ring (bicyclic) bond motifs is 1. The monoisotopic (exact) mass is 539 g/mol. The van der Waals surface area contributed by atoms with Gasteiger partial charge in [0, 0.05) is 23.5 Å². The first-order chi connectivity index (χ1) is 16.8. The minimum absolute atomic E-state index is 0.00381. The number of hydrogen-bond acceptors (Lipinski definition) is 8. The first-order valence-corrected chi connectivity index (χ1v) is 14.2. The number of aliphatic hydroxyl groups is 1. The van der Waals surface area contributed by atoms with Crippen molar-refractivity contribution in [2.45, 2.75) is 57.9 Å². The van der Waals surface area contributed by atoms with Crippen LogP contribution in [0.3, 0.4) is 0 Å². The average Bonchev–Trinajstić information content (AvgIpc) is 3.00. The van der Waals surface area contributed by atoms with Crippen LogP contribution in [-0.4, -0.2) is 51.6 Å². The number of aliphatic hydroxyl groups excluding tert-OH is 1. The van der Waals surface area contributed by atoms with Crippen LogP contribution in [0.15, 0.2) is 45.0 Å². The number of nitrogens with zero attached hydrogens (tertiary/aromatic N) is 1. The fourth-order valence-corrected chi connectivity index (χ4v) is 6.53. The number of hydrogen-bond donors (Lipinski definition) is 4. The molecule has 13 heteroatoms. The third-order valence-electron chi connectivity index (χ3n) is 6.28. The summed E-state index contributed by atoms with van der Waals surface area (Å²) in [6.45, 7) is 8.24. The fraction of sp³-hybridized carbons (Fsp3) is 0.478. The molecule has 3 atom stereocenters. The molecule has 0 aromatic heterocycles. The van der Waals surface area contributed by atoms with E-state index in [9.17, 15) is 31.9 Å². The molecule has 3 unspecified atom stereocenters. The van der Waals surface area contributed by atoms with E-state index in [0.29, 0.717) is 19.4 Å². The lowest BCUT2D eigenvalue weighted by Gasteiger charge is -2.30. The summed E-state index contributed by atoms with van der Waals surface area (Å²) in [5, 5.41) is 14.1. The molecular formula is C23H31N4O7S2-. The lowest BCUT2D eigenvalue weighted by Crippen LogP contribution is -2.41. The summed E-state index contributed by atoms with van der Waals surface area (Å²) in [4.78, 5) is 26.3. The molecule has 0 saturated heterocycles. The molecule has 2 aliphatic heterocycles. The number of anilines is 2. The van der Waals surface area contributed by atoms with Crippen molar-refractivity contribution in [2.75, 3.05) is 16.6 Å². The second-order valence-electron chi connectivity index (χ2n) is 9.40. The molecule has 3 rings (SSSR count). The van der Waals surface area contributed by atoms with Gasteiger partial charge in [-0.3, -0.25) is 13.8 Å². The number of amides is 2. The van der Waals surface area contributed by atoms with Gasteiger partial charge < -0.3 is 30.3 Å². The van der Waals surface area contributed by atoms with Gasteiger partial charge in [-0.15, -0.1) is 0 Å². The van der Waals surface area contributed by atoms with Gasteiger partial charge in [0.1, 0.15) is 11.3 Å². The summed E-state index contributed by atoms with van der Waals surface area (Å²) < 4.78 is 51.0. The fourth-order valence-electron chi connectivity index (χ4n) is 4.61. The first kappa shape index (κ1) is 27.7.